The molecular weight excluding hydrogens is 390 g/mol. The Hall–Kier alpha value is -3.73. The molecule has 1 aliphatic heterocycles. The molecule has 3 aromatic carbocycles. The first-order valence-electron chi connectivity index (χ1n) is 10.3. The topological polar surface area (TPSA) is 77.5 Å². The van der Waals surface area contributed by atoms with Gasteiger partial charge in [0.05, 0.1) is 23.0 Å². The molecular formula is C26H18NO4-. The van der Waals surface area contributed by atoms with E-state index in [1.807, 2.05) is 31.2 Å². The molecule has 5 heteroatoms. The van der Waals surface area contributed by atoms with Gasteiger partial charge in [0.2, 0.25) is 11.8 Å². The monoisotopic (exact) mass is 408 g/mol. The lowest BCUT2D eigenvalue weighted by atomic mass is 9.48. The van der Waals surface area contributed by atoms with Gasteiger partial charge in [-0.1, -0.05) is 60.7 Å². The smallest absolute Gasteiger partial charge is 0.241 e. The number of amides is 2. The predicted octanol–water partition coefficient (Wildman–Crippen LogP) is 2.84. The van der Waals surface area contributed by atoms with E-state index in [9.17, 15) is 19.5 Å². The maximum absolute atomic E-state index is 13.9. The van der Waals surface area contributed by atoms with E-state index >= 15 is 0 Å². The summed E-state index contributed by atoms with van der Waals surface area (Å²) in [6, 6.07) is 22.0. The van der Waals surface area contributed by atoms with Gasteiger partial charge in [-0.3, -0.25) is 9.59 Å². The number of imide groups is 1. The molecule has 1 saturated heterocycles. The number of anilines is 1. The van der Waals surface area contributed by atoms with Crippen LogP contribution < -0.4 is 10.0 Å². The minimum Gasteiger partial charge on any atom is -0.545 e. The van der Waals surface area contributed by atoms with Gasteiger partial charge in [-0.2, -0.15) is 0 Å². The Morgan fingerprint density at radius 2 is 1.45 bits per heavy atom. The summed E-state index contributed by atoms with van der Waals surface area (Å²) < 4.78 is 0. The second kappa shape index (κ2) is 5.91. The number of carbonyl (C=O) groups excluding carboxylic acids is 3. The van der Waals surface area contributed by atoms with E-state index in [1.165, 1.54) is 23.1 Å². The molecule has 0 saturated carbocycles. The third-order valence-corrected chi connectivity index (χ3v) is 7.35. The number of benzene rings is 3. The van der Waals surface area contributed by atoms with Gasteiger partial charge in [0.15, 0.2) is 0 Å². The summed E-state index contributed by atoms with van der Waals surface area (Å²) in [5, 5.41) is 11.4. The highest BCUT2D eigenvalue weighted by Gasteiger charge is 2.68. The number of rotatable bonds is 2. The lowest BCUT2D eigenvalue weighted by molar-refractivity contribution is -0.255. The van der Waals surface area contributed by atoms with Gasteiger partial charge < -0.3 is 9.90 Å². The van der Waals surface area contributed by atoms with E-state index in [-0.39, 0.29) is 34.9 Å². The summed E-state index contributed by atoms with van der Waals surface area (Å²) in [5.41, 5.74) is 3.66. The lowest BCUT2D eigenvalue weighted by Crippen LogP contribution is -2.49. The van der Waals surface area contributed by atoms with Crippen LogP contribution in [-0.4, -0.2) is 17.8 Å². The molecule has 31 heavy (non-hydrogen) atoms. The lowest BCUT2D eigenvalue weighted by Gasteiger charge is -2.51. The SMILES string of the molecule is C[C@]12C(=O)N(c3cccc(C(=O)[O-])c3)C(=O)[C@@H]1C1c3ccccc3C2c2ccccc21. The van der Waals surface area contributed by atoms with Gasteiger partial charge in [-0.25, -0.2) is 4.90 Å². The Bertz CT molecular complexity index is 1260. The number of carbonyl (C=O) groups is 3. The third-order valence-electron chi connectivity index (χ3n) is 7.35. The molecule has 3 aromatic rings. The van der Waals surface area contributed by atoms with Crippen LogP contribution in [0.15, 0.2) is 72.8 Å². The highest BCUT2D eigenvalue weighted by Crippen LogP contribution is 2.67. The van der Waals surface area contributed by atoms with E-state index in [0.717, 1.165) is 22.3 Å². The van der Waals surface area contributed by atoms with Gasteiger partial charge in [0, 0.05) is 11.8 Å². The van der Waals surface area contributed by atoms with Crippen LogP contribution >= 0.6 is 0 Å². The Morgan fingerprint density at radius 1 is 0.871 bits per heavy atom. The predicted molar refractivity (Wildman–Crippen MR) is 111 cm³/mol. The number of carboxylic acid groups (broad SMARTS) is 1. The zero-order valence-electron chi connectivity index (χ0n) is 16.7. The summed E-state index contributed by atoms with van der Waals surface area (Å²) in [6.45, 7) is 1.89. The van der Waals surface area contributed by atoms with Crippen molar-refractivity contribution >= 4 is 23.5 Å². The van der Waals surface area contributed by atoms with Crippen molar-refractivity contribution in [1.82, 2.24) is 0 Å². The minimum absolute atomic E-state index is 0.0623. The molecule has 2 bridgehead atoms. The first-order valence-corrected chi connectivity index (χ1v) is 10.3. The summed E-state index contributed by atoms with van der Waals surface area (Å²) in [7, 11) is 0. The molecule has 0 radical (unpaired) electrons. The second-order valence-corrected chi connectivity index (χ2v) is 8.75. The quantitative estimate of drug-likeness (QED) is 0.611. The number of nitrogens with zero attached hydrogens (tertiary/aromatic N) is 1. The van der Waals surface area contributed by atoms with Crippen LogP contribution in [-0.2, 0) is 9.59 Å². The van der Waals surface area contributed by atoms with Crippen LogP contribution in [0.25, 0.3) is 0 Å². The molecule has 5 nitrogen and oxygen atoms in total. The van der Waals surface area contributed by atoms with Gasteiger partial charge in [-0.05, 0) is 46.9 Å². The van der Waals surface area contributed by atoms with Crippen molar-refractivity contribution in [3.05, 3.63) is 101 Å². The molecule has 0 N–H and O–H groups in total. The summed E-state index contributed by atoms with van der Waals surface area (Å²) in [6.07, 6.45) is 0. The van der Waals surface area contributed by atoms with E-state index in [4.69, 9.17) is 0 Å². The fourth-order valence-corrected chi connectivity index (χ4v) is 6.13. The van der Waals surface area contributed by atoms with E-state index in [1.54, 1.807) is 6.07 Å². The molecule has 3 aliphatic carbocycles. The summed E-state index contributed by atoms with van der Waals surface area (Å²) >= 11 is 0. The van der Waals surface area contributed by atoms with Crippen molar-refractivity contribution in [3.63, 3.8) is 0 Å². The van der Waals surface area contributed by atoms with Crippen LogP contribution in [0.3, 0.4) is 0 Å². The van der Waals surface area contributed by atoms with Gasteiger partial charge in [-0.15, -0.1) is 0 Å². The second-order valence-electron chi connectivity index (χ2n) is 8.75. The average molecular weight is 408 g/mol. The molecule has 4 aliphatic rings. The van der Waals surface area contributed by atoms with Crippen LogP contribution in [0.1, 0.15) is 51.4 Å². The van der Waals surface area contributed by atoms with Crippen molar-refractivity contribution in [2.24, 2.45) is 11.3 Å². The van der Waals surface area contributed by atoms with Crippen molar-refractivity contribution < 1.29 is 19.5 Å². The Balaban J connectivity index is 1.59. The number of hydrogen-bond donors (Lipinski definition) is 0. The molecule has 152 valence electrons. The fraction of sp³-hybridized carbons (Fsp3) is 0.192. The molecule has 0 spiro atoms. The van der Waals surface area contributed by atoms with Crippen LogP contribution in [0.5, 0.6) is 0 Å². The molecule has 1 heterocycles. The summed E-state index contributed by atoms with van der Waals surface area (Å²) in [5.74, 6) is -2.89. The van der Waals surface area contributed by atoms with E-state index < -0.39 is 17.3 Å². The van der Waals surface area contributed by atoms with Crippen LogP contribution in [0.4, 0.5) is 5.69 Å². The molecule has 7 rings (SSSR count). The van der Waals surface area contributed by atoms with Gasteiger partial charge in [0.25, 0.3) is 0 Å². The third kappa shape index (κ3) is 2.08. The minimum atomic E-state index is -1.34. The van der Waals surface area contributed by atoms with Gasteiger partial charge in [0.1, 0.15) is 0 Å². The summed E-state index contributed by atoms with van der Waals surface area (Å²) in [4.78, 5) is 40.2. The highest BCUT2D eigenvalue weighted by atomic mass is 16.4. The fourth-order valence-electron chi connectivity index (χ4n) is 6.13. The molecule has 1 fully saturated rings. The number of hydrogen-bond acceptors (Lipinski definition) is 4. The normalized spacial score (nSPS) is 27.6. The largest absolute Gasteiger partial charge is 0.545 e. The van der Waals surface area contributed by atoms with E-state index in [0.29, 0.717) is 0 Å². The van der Waals surface area contributed by atoms with Crippen LogP contribution in [0.2, 0.25) is 0 Å². The Morgan fingerprint density at radius 3 is 2.03 bits per heavy atom. The zero-order valence-corrected chi connectivity index (χ0v) is 16.7. The Labute approximate surface area is 178 Å². The molecule has 0 unspecified atom stereocenters. The average Bonchev–Trinajstić information content (AvgIpc) is 2.99. The molecule has 0 aromatic heterocycles. The maximum atomic E-state index is 13.9. The first kappa shape index (κ1) is 18.1. The molecule has 2 amide bonds. The number of aromatic carboxylic acids is 1. The Kier molecular flexibility index (Phi) is 3.45. The van der Waals surface area contributed by atoms with E-state index in [2.05, 4.69) is 24.3 Å². The van der Waals surface area contributed by atoms with Crippen molar-refractivity contribution in [2.45, 2.75) is 18.8 Å². The first-order chi connectivity index (χ1) is 14.9. The highest BCUT2D eigenvalue weighted by molar-refractivity contribution is 6.25. The zero-order chi connectivity index (χ0) is 21.5. The van der Waals surface area contributed by atoms with Crippen molar-refractivity contribution in [2.75, 3.05) is 4.90 Å². The standard InChI is InChI=1S/C26H19NO4/c1-26-21-18-11-4-2-9-16(18)20(17-10-3-5-12-19(17)21)22(26)23(28)27(25(26)31)15-8-6-7-14(13-15)24(29)30/h2-13,20-22H,1H3,(H,29,30)/p-1/t20?,21?,22-,26+/m0/s1. The van der Waals surface area contributed by atoms with Gasteiger partial charge >= 0.3 is 0 Å². The number of carboxylic acids is 1. The molecule has 2 atom stereocenters. The maximum Gasteiger partial charge on any atom is 0.241 e. The van der Waals surface area contributed by atoms with Crippen molar-refractivity contribution in [1.29, 1.82) is 0 Å². The van der Waals surface area contributed by atoms with Crippen LogP contribution in [0, 0.1) is 11.3 Å². The van der Waals surface area contributed by atoms with Crippen molar-refractivity contribution in [3.8, 4) is 0 Å².